The Kier molecular flexibility index (Phi) is 4.51. The summed E-state index contributed by atoms with van der Waals surface area (Å²) >= 11 is 0. The third-order valence-electron chi connectivity index (χ3n) is 4.25. The minimum absolute atomic E-state index is 0.0149. The molecule has 0 N–H and O–H groups in total. The van der Waals surface area contributed by atoms with Gasteiger partial charge in [0.15, 0.2) is 17.3 Å². The molecule has 0 amide bonds. The number of ether oxygens (including phenoxy) is 2. The van der Waals surface area contributed by atoms with Crippen LogP contribution in [0.3, 0.4) is 0 Å². The number of carbonyl (C=O) groups is 1. The van der Waals surface area contributed by atoms with Crippen molar-refractivity contribution in [2.24, 2.45) is 0 Å². The van der Waals surface area contributed by atoms with Crippen LogP contribution in [0.4, 0.5) is 5.69 Å². The highest BCUT2D eigenvalue weighted by Gasteiger charge is 2.15. The molecule has 0 aliphatic carbocycles. The first-order chi connectivity index (χ1) is 11.2. The summed E-state index contributed by atoms with van der Waals surface area (Å²) in [5, 5.41) is 0. The Labute approximate surface area is 136 Å². The van der Waals surface area contributed by atoms with Crippen LogP contribution in [0.1, 0.15) is 28.8 Å². The van der Waals surface area contributed by atoms with Gasteiger partial charge in [-0.05, 0) is 55.3 Å². The number of hydrogen-bond donors (Lipinski definition) is 0. The maximum Gasteiger partial charge on any atom is 0.193 e. The van der Waals surface area contributed by atoms with Gasteiger partial charge in [-0.3, -0.25) is 4.79 Å². The highest BCUT2D eigenvalue weighted by molar-refractivity contribution is 6.09. The number of anilines is 1. The van der Waals surface area contributed by atoms with E-state index < -0.39 is 0 Å². The lowest BCUT2D eigenvalue weighted by Crippen LogP contribution is -2.17. The monoisotopic (exact) mass is 311 g/mol. The van der Waals surface area contributed by atoms with Gasteiger partial charge in [0.05, 0.1) is 14.2 Å². The van der Waals surface area contributed by atoms with Crippen LogP contribution in [0, 0.1) is 0 Å². The molecule has 0 unspecified atom stereocenters. The van der Waals surface area contributed by atoms with E-state index in [2.05, 4.69) is 4.90 Å². The van der Waals surface area contributed by atoms with Crippen molar-refractivity contribution in [3.05, 3.63) is 53.6 Å². The maximum absolute atomic E-state index is 12.6. The fourth-order valence-corrected chi connectivity index (χ4v) is 2.94. The van der Waals surface area contributed by atoms with Crippen molar-refractivity contribution in [1.29, 1.82) is 0 Å². The third kappa shape index (κ3) is 3.16. The van der Waals surface area contributed by atoms with Crippen LogP contribution in [0.25, 0.3) is 0 Å². The minimum Gasteiger partial charge on any atom is -0.493 e. The van der Waals surface area contributed by atoms with Crippen molar-refractivity contribution in [2.75, 3.05) is 32.2 Å². The van der Waals surface area contributed by atoms with Gasteiger partial charge in [0, 0.05) is 29.9 Å². The van der Waals surface area contributed by atoms with Gasteiger partial charge in [0.1, 0.15) is 0 Å². The van der Waals surface area contributed by atoms with E-state index in [1.54, 1.807) is 32.4 Å². The molecule has 2 aromatic rings. The predicted octanol–water partition coefficient (Wildman–Crippen LogP) is 3.54. The lowest BCUT2D eigenvalue weighted by molar-refractivity contribution is 0.103. The number of hydrogen-bond acceptors (Lipinski definition) is 4. The maximum atomic E-state index is 12.6. The number of benzene rings is 2. The largest absolute Gasteiger partial charge is 0.493 e. The van der Waals surface area contributed by atoms with Gasteiger partial charge in [0.2, 0.25) is 0 Å². The molecule has 4 nitrogen and oxygen atoms in total. The lowest BCUT2D eigenvalue weighted by Gasteiger charge is -2.17. The van der Waals surface area contributed by atoms with E-state index in [4.69, 9.17) is 9.47 Å². The Hall–Kier alpha value is -2.49. The smallest absolute Gasteiger partial charge is 0.193 e. The van der Waals surface area contributed by atoms with Gasteiger partial charge in [-0.2, -0.15) is 0 Å². The quantitative estimate of drug-likeness (QED) is 0.792. The molecule has 3 rings (SSSR count). The van der Waals surface area contributed by atoms with E-state index in [0.29, 0.717) is 22.6 Å². The summed E-state index contributed by atoms with van der Waals surface area (Å²) in [4.78, 5) is 15.0. The zero-order valence-electron chi connectivity index (χ0n) is 13.5. The standard InChI is InChI=1S/C19H21NO3/c1-22-17-10-7-15(13-18(17)23-2)19(21)14-5-8-16(9-6-14)20-11-3-4-12-20/h5-10,13H,3-4,11-12H2,1-2H3. The number of nitrogens with zero attached hydrogens (tertiary/aromatic N) is 1. The first-order valence-electron chi connectivity index (χ1n) is 7.84. The summed E-state index contributed by atoms with van der Waals surface area (Å²) in [7, 11) is 3.15. The number of carbonyl (C=O) groups excluding carboxylic acids is 1. The summed E-state index contributed by atoms with van der Waals surface area (Å²) < 4.78 is 10.5. The van der Waals surface area contributed by atoms with Crippen LogP contribution >= 0.6 is 0 Å². The molecule has 120 valence electrons. The van der Waals surface area contributed by atoms with Crippen LogP contribution in [0.5, 0.6) is 11.5 Å². The van der Waals surface area contributed by atoms with E-state index >= 15 is 0 Å². The average Bonchev–Trinajstić information content (AvgIpc) is 3.15. The molecule has 0 aromatic heterocycles. The van der Waals surface area contributed by atoms with Crippen LogP contribution in [-0.4, -0.2) is 33.1 Å². The summed E-state index contributed by atoms with van der Waals surface area (Å²) in [5.74, 6) is 1.17. The first-order valence-corrected chi connectivity index (χ1v) is 7.84. The van der Waals surface area contributed by atoms with Gasteiger partial charge < -0.3 is 14.4 Å². The zero-order chi connectivity index (χ0) is 16.2. The first kappa shape index (κ1) is 15.4. The van der Waals surface area contributed by atoms with Gasteiger partial charge in [0.25, 0.3) is 0 Å². The molecule has 0 radical (unpaired) electrons. The molecule has 23 heavy (non-hydrogen) atoms. The number of methoxy groups -OCH3 is 2. The fourth-order valence-electron chi connectivity index (χ4n) is 2.94. The normalized spacial score (nSPS) is 13.9. The summed E-state index contributed by atoms with van der Waals surface area (Å²) in [6.07, 6.45) is 2.48. The molecule has 0 bridgehead atoms. The highest BCUT2D eigenvalue weighted by Crippen LogP contribution is 2.29. The highest BCUT2D eigenvalue weighted by atomic mass is 16.5. The Morgan fingerprint density at radius 2 is 1.48 bits per heavy atom. The summed E-state index contributed by atoms with van der Waals surface area (Å²) in [5.41, 5.74) is 2.46. The van der Waals surface area contributed by atoms with E-state index in [1.807, 2.05) is 24.3 Å². The van der Waals surface area contributed by atoms with Gasteiger partial charge in [-0.1, -0.05) is 0 Å². The predicted molar refractivity (Wildman–Crippen MR) is 90.9 cm³/mol. The molecular formula is C19H21NO3. The molecule has 1 saturated heterocycles. The molecule has 4 heteroatoms. The molecule has 1 heterocycles. The molecular weight excluding hydrogens is 290 g/mol. The molecule has 2 aromatic carbocycles. The van der Waals surface area contributed by atoms with Crippen LogP contribution in [0.2, 0.25) is 0 Å². The van der Waals surface area contributed by atoms with Gasteiger partial charge in [-0.25, -0.2) is 0 Å². The van der Waals surface area contributed by atoms with Gasteiger partial charge >= 0.3 is 0 Å². The van der Waals surface area contributed by atoms with Gasteiger partial charge in [-0.15, -0.1) is 0 Å². The van der Waals surface area contributed by atoms with E-state index in [1.165, 1.54) is 18.5 Å². The van der Waals surface area contributed by atoms with E-state index in [9.17, 15) is 4.79 Å². The zero-order valence-corrected chi connectivity index (χ0v) is 13.5. The van der Waals surface area contributed by atoms with Crippen LogP contribution in [0.15, 0.2) is 42.5 Å². The molecule has 0 atom stereocenters. The van der Waals surface area contributed by atoms with Crippen LogP contribution < -0.4 is 14.4 Å². The summed E-state index contributed by atoms with van der Waals surface area (Å²) in [6, 6.07) is 13.1. The molecule has 0 saturated carbocycles. The molecule has 0 spiro atoms. The van der Waals surface area contributed by atoms with Crippen molar-refractivity contribution in [1.82, 2.24) is 0 Å². The Balaban J connectivity index is 1.82. The summed E-state index contributed by atoms with van der Waals surface area (Å²) in [6.45, 7) is 2.20. The third-order valence-corrected chi connectivity index (χ3v) is 4.25. The molecule has 1 aliphatic heterocycles. The van der Waals surface area contributed by atoms with Crippen molar-refractivity contribution in [2.45, 2.75) is 12.8 Å². The second-order valence-electron chi connectivity index (χ2n) is 5.64. The number of rotatable bonds is 5. The number of ketones is 1. The van der Waals surface area contributed by atoms with Crippen molar-refractivity contribution >= 4 is 11.5 Å². The Bertz CT molecular complexity index is 688. The lowest BCUT2D eigenvalue weighted by atomic mass is 10.0. The molecule has 1 fully saturated rings. The average molecular weight is 311 g/mol. The second-order valence-corrected chi connectivity index (χ2v) is 5.64. The van der Waals surface area contributed by atoms with Crippen LogP contribution in [-0.2, 0) is 0 Å². The SMILES string of the molecule is COc1ccc(C(=O)c2ccc(N3CCCC3)cc2)cc1OC. The topological polar surface area (TPSA) is 38.8 Å². The van der Waals surface area contributed by atoms with Crippen molar-refractivity contribution < 1.29 is 14.3 Å². The second kappa shape index (κ2) is 6.73. The van der Waals surface area contributed by atoms with E-state index in [-0.39, 0.29) is 5.78 Å². The molecule has 1 aliphatic rings. The fraction of sp³-hybridized carbons (Fsp3) is 0.316. The van der Waals surface area contributed by atoms with E-state index in [0.717, 1.165) is 13.1 Å². The van der Waals surface area contributed by atoms with Crippen molar-refractivity contribution in [3.63, 3.8) is 0 Å². The van der Waals surface area contributed by atoms with Crippen molar-refractivity contribution in [3.8, 4) is 11.5 Å². The Morgan fingerprint density at radius 3 is 2.09 bits per heavy atom. The minimum atomic E-state index is -0.0149. The Morgan fingerprint density at radius 1 is 0.870 bits per heavy atom.